The van der Waals surface area contributed by atoms with Gasteiger partial charge >= 0.3 is 5.69 Å². The van der Waals surface area contributed by atoms with Crippen LogP contribution in [0.1, 0.15) is 5.56 Å². The van der Waals surface area contributed by atoms with E-state index in [1.54, 1.807) is 44.2 Å². The first-order chi connectivity index (χ1) is 14.9. The van der Waals surface area contributed by atoms with Crippen molar-refractivity contribution in [3.05, 3.63) is 64.9 Å². The maximum Gasteiger partial charge on any atom is 0.334 e. The van der Waals surface area contributed by atoms with Crippen molar-refractivity contribution in [2.45, 2.75) is 6.92 Å². The summed E-state index contributed by atoms with van der Waals surface area (Å²) in [7, 11) is 5.05. The van der Waals surface area contributed by atoms with Gasteiger partial charge in [-0.3, -0.25) is 14.2 Å². The highest BCUT2D eigenvalue weighted by atomic mass is 19.1. The number of aryl methyl sites for hydroxylation is 3. The van der Waals surface area contributed by atoms with Gasteiger partial charge in [0.25, 0.3) is 0 Å². The molecule has 0 saturated carbocycles. The smallest absolute Gasteiger partial charge is 0.334 e. The molecule has 0 bridgehead atoms. The van der Waals surface area contributed by atoms with Crippen LogP contribution in [0.25, 0.3) is 38.9 Å². The molecule has 0 fully saturated rings. The Morgan fingerprint density at radius 1 is 1.06 bits per heavy atom. The van der Waals surface area contributed by atoms with E-state index < -0.39 is 11.5 Å². The van der Waals surface area contributed by atoms with E-state index in [2.05, 4.69) is 15.1 Å². The van der Waals surface area contributed by atoms with Gasteiger partial charge in [0.2, 0.25) is 0 Å². The maximum atomic E-state index is 14.8. The third kappa shape index (κ3) is 2.81. The van der Waals surface area contributed by atoms with Crippen LogP contribution in [-0.2, 0) is 14.1 Å². The molecule has 0 aliphatic carbocycles. The highest BCUT2D eigenvalue weighted by molar-refractivity contribution is 6.05. The number of benzene rings is 1. The highest BCUT2D eigenvalue weighted by Gasteiger charge is 2.21. The summed E-state index contributed by atoms with van der Waals surface area (Å²) < 4.78 is 24.9. The molecule has 9 heteroatoms. The Morgan fingerprint density at radius 3 is 2.55 bits per heavy atom. The molecule has 8 nitrogen and oxygen atoms in total. The number of fused-ring (bicyclic) bond motifs is 3. The van der Waals surface area contributed by atoms with Crippen molar-refractivity contribution in [1.82, 2.24) is 28.9 Å². The molecule has 0 radical (unpaired) electrons. The summed E-state index contributed by atoms with van der Waals surface area (Å²) in [6, 6.07) is 5.06. The second-order valence-corrected chi connectivity index (χ2v) is 7.46. The Hall–Kier alpha value is -4.01. The molecule has 1 aromatic carbocycles. The van der Waals surface area contributed by atoms with Gasteiger partial charge in [-0.25, -0.2) is 18.7 Å². The van der Waals surface area contributed by atoms with Crippen molar-refractivity contribution in [2.24, 2.45) is 14.1 Å². The minimum Gasteiger partial charge on any atom is -0.496 e. The lowest BCUT2D eigenvalue weighted by Crippen LogP contribution is -2.22. The Kier molecular flexibility index (Phi) is 4.14. The van der Waals surface area contributed by atoms with Crippen molar-refractivity contribution in [1.29, 1.82) is 0 Å². The summed E-state index contributed by atoms with van der Waals surface area (Å²) in [5.74, 6) is 0.00446. The fourth-order valence-electron chi connectivity index (χ4n) is 3.87. The molecule has 0 amide bonds. The van der Waals surface area contributed by atoms with Crippen LogP contribution in [0.5, 0.6) is 5.75 Å². The molecule has 0 aliphatic rings. The van der Waals surface area contributed by atoms with Gasteiger partial charge in [-0.15, -0.1) is 0 Å². The van der Waals surface area contributed by atoms with Crippen LogP contribution >= 0.6 is 0 Å². The minimum absolute atomic E-state index is 0.0487. The average molecular weight is 418 g/mol. The number of ether oxygens (including phenoxy) is 1. The van der Waals surface area contributed by atoms with E-state index in [9.17, 15) is 9.18 Å². The molecule has 5 aromatic rings. The Balaban J connectivity index is 1.94. The first-order valence-electron chi connectivity index (χ1n) is 9.58. The van der Waals surface area contributed by atoms with E-state index in [0.29, 0.717) is 33.2 Å². The lowest BCUT2D eigenvalue weighted by Gasteiger charge is -2.11. The van der Waals surface area contributed by atoms with E-state index in [1.165, 1.54) is 21.4 Å². The van der Waals surface area contributed by atoms with E-state index in [-0.39, 0.29) is 5.82 Å². The van der Waals surface area contributed by atoms with Crippen LogP contribution in [0.4, 0.5) is 4.39 Å². The molecule has 0 atom stereocenters. The first kappa shape index (κ1) is 19.0. The zero-order valence-corrected chi connectivity index (χ0v) is 17.4. The van der Waals surface area contributed by atoms with Crippen LogP contribution in [-0.4, -0.2) is 36.0 Å². The van der Waals surface area contributed by atoms with Crippen molar-refractivity contribution in [3.8, 4) is 22.7 Å². The second kappa shape index (κ2) is 6.76. The van der Waals surface area contributed by atoms with Crippen molar-refractivity contribution in [2.75, 3.05) is 7.11 Å². The molecule has 5 rings (SSSR count). The van der Waals surface area contributed by atoms with Crippen LogP contribution < -0.4 is 10.4 Å². The summed E-state index contributed by atoms with van der Waals surface area (Å²) in [5, 5.41) is 4.92. The molecule has 0 unspecified atom stereocenters. The largest absolute Gasteiger partial charge is 0.496 e. The quantitative estimate of drug-likeness (QED) is 0.450. The normalized spacial score (nSPS) is 11.5. The van der Waals surface area contributed by atoms with Gasteiger partial charge in [0.15, 0.2) is 11.6 Å². The van der Waals surface area contributed by atoms with E-state index in [1.807, 2.05) is 19.3 Å². The summed E-state index contributed by atoms with van der Waals surface area (Å²) in [5.41, 5.74) is 3.62. The van der Waals surface area contributed by atoms with Crippen LogP contribution in [0.3, 0.4) is 0 Å². The van der Waals surface area contributed by atoms with Gasteiger partial charge in [-0.2, -0.15) is 5.10 Å². The fraction of sp³-hybridized carbons (Fsp3) is 0.182. The zero-order chi connectivity index (χ0) is 21.9. The van der Waals surface area contributed by atoms with Gasteiger partial charge in [0, 0.05) is 49.1 Å². The lowest BCUT2D eigenvalue weighted by atomic mass is 10.0. The number of imidazole rings is 1. The number of methoxy groups -OCH3 is 1. The zero-order valence-electron chi connectivity index (χ0n) is 17.4. The lowest BCUT2D eigenvalue weighted by molar-refractivity contribution is 0.417. The van der Waals surface area contributed by atoms with E-state index in [0.717, 1.165) is 11.1 Å². The van der Waals surface area contributed by atoms with Crippen LogP contribution in [0.15, 0.2) is 47.8 Å². The second-order valence-electron chi connectivity index (χ2n) is 7.46. The average Bonchev–Trinajstić information content (AvgIpc) is 3.29. The molecule has 0 saturated heterocycles. The number of nitrogens with zero attached hydrogens (tertiary/aromatic N) is 6. The Bertz CT molecular complexity index is 1550. The molecule has 4 heterocycles. The highest BCUT2D eigenvalue weighted by Crippen LogP contribution is 2.36. The fourth-order valence-corrected chi connectivity index (χ4v) is 3.87. The summed E-state index contributed by atoms with van der Waals surface area (Å²) >= 11 is 0. The topological polar surface area (TPSA) is 79.8 Å². The van der Waals surface area contributed by atoms with E-state index in [4.69, 9.17) is 4.74 Å². The minimum atomic E-state index is -0.569. The van der Waals surface area contributed by atoms with Crippen molar-refractivity contribution < 1.29 is 9.13 Å². The standard InChI is InChI=1S/C22H19FN6O2/c1-12-5-16(23)21(25-8-12)29-20-15-6-14(13-9-26-27(2)11-13)19(31-4)7-17(15)24-10-18(20)28(3)22(29)30/h5-11H,1-4H3. The molecule has 4 aromatic heterocycles. The predicted molar refractivity (Wildman–Crippen MR) is 115 cm³/mol. The van der Waals surface area contributed by atoms with Gasteiger partial charge < -0.3 is 4.74 Å². The summed E-state index contributed by atoms with van der Waals surface area (Å²) in [6.45, 7) is 1.75. The van der Waals surface area contributed by atoms with Crippen molar-refractivity contribution >= 4 is 21.9 Å². The van der Waals surface area contributed by atoms with Crippen LogP contribution in [0, 0.1) is 12.7 Å². The number of rotatable bonds is 3. The number of aromatic nitrogens is 6. The summed E-state index contributed by atoms with van der Waals surface area (Å²) in [6.07, 6.45) is 6.75. The molecule has 0 N–H and O–H groups in total. The monoisotopic (exact) mass is 418 g/mol. The Labute approximate surface area is 176 Å². The predicted octanol–water partition coefficient (Wildman–Crippen LogP) is 3.13. The maximum absolute atomic E-state index is 14.8. The molecule has 0 aliphatic heterocycles. The third-order valence-corrected chi connectivity index (χ3v) is 5.39. The molecular weight excluding hydrogens is 399 g/mol. The first-order valence-corrected chi connectivity index (χ1v) is 9.58. The van der Waals surface area contributed by atoms with Gasteiger partial charge in [-0.05, 0) is 24.6 Å². The third-order valence-electron chi connectivity index (χ3n) is 5.39. The number of pyridine rings is 2. The SMILES string of the molecule is COc1cc2ncc3c(c2cc1-c1cnn(C)c1)n(-c1ncc(C)cc1F)c(=O)n3C. The number of hydrogen-bond acceptors (Lipinski definition) is 5. The molecular formula is C22H19FN6O2. The molecule has 156 valence electrons. The number of hydrogen-bond donors (Lipinski definition) is 0. The van der Waals surface area contributed by atoms with Crippen LogP contribution in [0.2, 0.25) is 0 Å². The van der Waals surface area contributed by atoms with Crippen molar-refractivity contribution in [3.63, 3.8) is 0 Å². The van der Waals surface area contributed by atoms with Gasteiger partial charge in [-0.1, -0.05) is 0 Å². The molecule has 31 heavy (non-hydrogen) atoms. The van der Waals surface area contributed by atoms with Gasteiger partial charge in [0.1, 0.15) is 5.75 Å². The van der Waals surface area contributed by atoms with E-state index >= 15 is 0 Å². The van der Waals surface area contributed by atoms with Gasteiger partial charge in [0.05, 0.1) is 36.1 Å². The molecule has 0 spiro atoms. The Morgan fingerprint density at radius 2 is 1.87 bits per heavy atom. The summed E-state index contributed by atoms with van der Waals surface area (Å²) in [4.78, 5) is 21.8. The number of halogens is 1.